The minimum Gasteiger partial charge on any atom is -0.508 e. The van der Waals surface area contributed by atoms with Crippen LogP contribution in [0.5, 0.6) is 23.0 Å². The Bertz CT molecular complexity index is 955. The Kier molecular flexibility index (Phi) is 2.95. The molecule has 22 heavy (non-hydrogen) atoms. The summed E-state index contributed by atoms with van der Waals surface area (Å²) in [5.41, 5.74) is 0.0216. The van der Waals surface area contributed by atoms with Crippen molar-refractivity contribution in [2.75, 3.05) is 0 Å². The second-order valence-corrected chi connectivity index (χ2v) is 4.95. The number of hydrogen-bond acceptors (Lipinski definition) is 6. The molecule has 6 nitrogen and oxygen atoms in total. The maximum Gasteiger partial charge on any atom is 0.238 e. The molecule has 0 saturated carbocycles. The Morgan fingerprint density at radius 1 is 0.955 bits per heavy atom. The van der Waals surface area contributed by atoms with E-state index in [0.717, 1.165) is 12.1 Å². The molecule has 112 valence electrons. The molecule has 0 bridgehead atoms. The molecule has 0 aliphatic carbocycles. The predicted molar refractivity (Wildman–Crippen MR) is 79.3 cm³/mol. The summed E-state index contributed by atoms with van der Waals surface area (Å²) in [5, 5.41) is 38.8. The SMILES string of the molecule is Cc1ccc(-c2oc3cc(O)cc(O)c3c(=O)c2O)cc1O. The molecule has 0 spiro atoms. The van der Waals surface area contributed by atoms with Crippen molar-refractivity contribution in [1.82, 2.24) is 0 Å². The van der Waals surface area contributed by atoms with Gasteiger partial charge in [0.1, 0.15) is 28.2 Å². The van der Waals surface area contributed by atoms with Gasteiger partial charge in [0.05, 0.1) is 0 Å². The number of phenols is 3. The van der Waals surface area contributed by atoms with Crippen LogP contribution in [0, 0.1) is 6.92 Å². The minimum absolute atomic E-state index is 0.0154. The van der Waals surface area contributed by atoms with Gasteiger partial charge in [-0.2, -0.15) is 0 Å². The van der Waals surface area contributed by atoms with Gasteiger partial charge in [0, 0.05) is 17.7 Å². The highest BCUT2D eigenvalue weighted by Gasteiger charge is 2.19. The molecule has 1 aromatic heterocycles. The molecule has 3 aromatic rings. The maximum absolute atomic E-state index is 12.2. The molecule has 0 aliphatic rings. The minimum atomic E-state index is -0.825. The van der Waals surface area contributed by atoms with Crippen molar-refractivity contribution in [3.05, 3.63) is 46.1 Å². The van der Waals surface area contributed by atoms with Crippen LogP contribution in [-0.4, -0.2) is 20.4 Å². The van der Waals surface area contributed by atoms with Crippen LogP contribution < -0.4 is 5.43 Å². The fraction of sp³-hybridized carbons (Fsp3) is 0.0625. The molecule has 0 amide bonds. The standard InChI is InChI=1S/C16H12O6/c1-7-2-3-8(4-10(7)18)16-15(21)14(20)13-11(19)5-9(17)6-12(13)22-16/h2-6,17-19,21H,1H3. The van der Waals surface area contributed by atoms with Gasteiger partial charge < -0.3 is 24.8 Å². The Morgan fingerprint density at radius 2 is 1.68 bits per heavy atom. The summed E-state index contributed by atoms with van der Waals surface area (Å²) in [7, 11) is 0. The number of rotatable bonds is 1. The Hall–Kier alpha value is -3.15. The Morgan fingerprint density at radius 3 is 2.36 bits per heavy atom. The summed E-state index contributed by atoms with van der Waals surface area (Å²) >= 11 is 0. The van der Waals surface area contributed by atoms with Gasteiger partial charge in [-0.25, -0.2) is 0 Å². The molecular weight excluding hydrogens is 288 g/mol. The molecule has 1 heterocycles. The highest BCUT2D eigenvalue weighted by molar-refractivity contribution is 5.88. The van der Waals surface area contributed by atoms with E-state index in [1.165, 1.54) is 6.07 Å². The Balaban J connectivity index is 2.38. The van der Waals surface area contributed by atoms with E-state index in [4.69, 9.17) is 4.42 Å². The Labute approximate surface area is 124 Å². The molecular formula is C16H12O6. The van der Waals surface area contributed by atoms with E-state index < -0.39 is 16.9 Å². The van der Waals surface area contributed by atoms with Crippen molar-refractivity contribution in [2.45, 2.75) is 6.92 Å². The smallest absolute Gasteiger partial charge is 0.238 e. The monoisotopic (exact) mass is 300 g/mol. The van der Waals surface area contributed by atoms with Crippen LogP contribution in [0.25, 0.3) is 22.3 Å². The third-order valence-electron chi connectivity index (χ3n) is 3.41. The number of aryl methyl sites for hydroxylation is 1. The average molecular weight is 300 g/mol. The third-order valence-corrected chi connectivity index (χ3v) is 3.41. The summed E-state index contributed by atoms with van der Waals surface area (Å²) in [6.07, 6.45) is 0. The number of aromatic hydroxyl groups is 4. The van der Waals surface area contributed by atoms with E-state index in [0.29, 0.717) is 11.1 Å². The largest absolute Gasteiger partial charge is 0.508 e. The highest BCUT2D eigenvalue weighted by Crippen LogP contribution is 2.36. The summed E-state index contributed by atoms with van der Waals surface area (Å²) in [5.74, 6) is -1.62. The lowest BCUT2D eigenvalue weighted by atomic mass is 10.1. The number of fused-ring (bicyclic) bond motifs is 1. The van der Waals surface area contributed by atoms with Gasteiger partial charge in [-0.15, -0.1) is 0 Å². The maximum atomic E-state index is 12.2. The molecule has 3 rings (SSSR count). The summed E-state index contributed by atoms with van der Waals surface area (Å²) in [6, 6.07) is 6.67. The quantitative estimate of drug-likeness (QED) is 0.549. The first-order valence-electron chi connectivity index (χ1n) is 6.40. The van der Waals surface area contributed by atoms with Crippen molar-refractivity contribution in [3.8, 4) is 34.3 Å². The van der Waals surface area contributed by atoms with Crippen LogP contribution in [0.15, 0.2) is 39.5 Å². The van der Waals surface area contributed by atoms with Gasteiger partial charge in [-0.05, 0) is 18.6 Å². The predicted octanol–water partition coefficient (Wildman–Crippen LogP) is 2.59. The molecule has 6 heteroatoms. The first kappa shape index (κ1) is 13.8. The highest BCUT2D eigenvalue weighted by atomic mass is 16.4. The zero-order valence-electron chi connectivity index (χ0n) is 11.5. The van der Waals surface area contributed by atoms with Gasteiger partial charge in [-0.1, -0.05) is 12.1 Å². The van der Waals surface area contributed by atoms with Crippen molar-refractivity contribution in [1.29, 1.82) is 0 Å². The molecule has 4 N–H and O–H groups in total. The van der Waals surface area contributed by atoms with Crippen LogP contribution in [0.2, 0.25) is 0 Å². The van der Waals surface area contributed by atoms with E-state index in [2.05, 4.69) is 0 Å². The van der Waals surface area contributed by atoms with Gasteiger partial charge >= 0.3 is 0 Å². The fourth-order valence-corrected chi connectivity index (χ4v) is 2.22. The number of hydrogen-bond donors (Lipinski definition) is 4. The van der Waals surface area contributed by atoms with E-state index in [1.54, 1.807) is 19.1 Å². The number of phenolic OH excluding ortho intramolecular Hbond substituents is 3. The van der Waals surface area contributed by atoms with Gasteiger partial charge in [0.15, 0.2) is 5.76 Å². The van der Waals surface area contributed by atoms with Crippen LogP contribution in [-0.2, 0) is 0 Å². The average Bonchev–Trinajstić information content (AvgIpc) is 2.45. The summed E-state index contributed by atoms with van der Waals surface area (Å²) in [4.78, 5) is 12.2. The molecule has 0 atom stereocenters. The lowest BCUT2D eigenvalue weighted by molar-refractivity contribution is 0.438. The fourth-order valence-electron chi connectivity index (χ4n) is 2.22. The topological polar surface area (TPSA) is 111 Å². The van der Waals surface area contributed by atoms with Gasteiger partial charge in [-0.3, -0.25) is 4.79 Å². The van der Waals surface area contributed by atoms with Gasteiger partial charge in [0.2, 0.25) is 11.2 Å². The van der Waals surface area contributed by atoms with Crippen LogP contribution in [0.4, 0.5) is 0 Å². The van der Waals surface area contributed by atoms with Crippen molar-refractivity contribution >= 4 is 11.0 Å². The van der Waals surface area contributed by atoms with E-state index in [1.807, 2.05) is 0 Å². The lowest BCUT2D eigenvalue weighted by Gasteiger charge is -2.08. The second kappa shape index (κ2) is 4.70. The zero-order valence-corrected chi connectivity index (χ0v) is 11.5. The van der Waals surface area contributed by atoms with Crippen molar-refractivity contribution in [2.24, 2.45) is 0 Å². The first-order valence-corrected chi connectivity index (χ1v) is 6.40. The molecule has 0 unspecified atom stereocenters. The number of benzene rings is 2. The second-order valence-electron chi connectivity index (χ2n) is 4.95. The molecule has 0 radical (unpaired) electrons. The van der Waals surface area contributed by atoms with Crippen molar-refractivity contribution in [3.63, 3.8) is 0 Å². The van der Waals surface area contributed by atoms with Crippen LogP contribution in [0.1, 0.15) is 5.56 Å². The zero-order chi connectivity index (χ0) is 16.0. The normalized spacial score (nSPS) is 11.0. The van der Waals surface area contributed by atoms with E-state index in [9.17, 15) is 25.2 Å². The van der Waals surface area contributed by atoms with E-state index in [-0.39, 0.29) is 28.2 Å². The van der Waals surface area contributed by atoms with E-state index >= 15 is 0 Å². The van der Waals surface area contributed by atoms with Crippen LogP contribution >= 0.6 is 0 Å². The lowest BCUT2D eigenvalue weighted by Crippen LogP contribution is -2.03. The molecule has 2 aromatic carbocycles. The summed E-state index contributed by atoms with van der Waals surface area (Å²) < 4.78 is 5.43. The van der Waals surface area contributed by atoms with Crippen molar-refractivity contribution < 1.29 is 24.8 Å². The summed E-state index contributed by atoms with van der Waals surface area (Å²) in [6.45, 7) is 1.70. The molecule has 0 saturated heterocycles. The molecule has 0 aliphatic heterocycles. The third kappa shape index (κ3) is 2.01. The molecule has 0 fully saturated rings. The van der Waals surface area contributed by atoms with Crippen LogP contribution in [0.3, 0.4) is 0 Å². The van der Waals surface area contributed by atoms with Gasteiger partial charge in [0.25, 0.3) is 0 Å². The first-order chi connectivity index (χ1) is 10.4.